The average Bonchev–Trinajstić information content (AvgIpc) is 3.38. The highest BCUT2D eigenvalue weighted by atomic mass is 16.5. The van der Waals surface area contributed by atoms with Gasteiger partial charge in [0.15, 0.2) is 0 Å². The topological polar surface area (TPSA) is 123 Å². The lowest BCUT2D eigenvalue weighted by Gasteiger charge is -2.13. The molecule has 6 heterocycles. The van der Waals surface area contributed by atoms with Crippen LogP contribution in [0.5, 0.6) is 46.0 Å². The second-order valence-corrected chi connectivity index (χ2v) is 15.8. The van der Waals surface area contributed by atoms with Crippen molar-refractivity contribution in [1.82, 2.24) is 0 Å². The Balaban J connectivity index is 0.000000170. The summed E-state index contributed by atoms with van der Waals surface area (Å²) >= 11 is 0. The largest absolute Gasteiger partial charge is 0.493 e. The van der Waals surface area contributed by atoms with Gasteiger partial charge in [-0.3, -0.25) is 0 Å². The maximum atomic E-state index is 6.07. The van der Waals surface area contributed by atoms with Crippen molar-refractivity contribution in [2.24, 2.45) is 20.5 Å². The fourth-order valence-corrected chi connectivity index (χ4v) is 7.40. The maximum absolute atomic E-state index is 6.07. The summed E-state index contributed by atoms with van der Waals surface area (Å²) in [6.07, 6.45) is 3.07. The number of hydrogen-bond donors (Lipinski definition) is 0. The van der Waals surface area contributed by atoms with Gasteiger partial charge in [-0.1, -0.05) is 48.5 Å². The molecule has 14 rings (SSSR count). The Morgan fingerprint density at radius 1 is 0.221 bits per heavy atom. The number of ether oxygens (including phenoxy) is 8. The van der Waals surface area contributed by atoms with Crippen molar-refractivity contribution < 1.29 is 37.9 Å². The highest BCUT2D eigenvalue weighted by Crippen LogP contribution is 2.34. The van der Waals surface area contributed by atoms with Gasteiger partial charge in [-0.05, 0) is 121 Å². The van der Waals surface area contributed by atoms with E-state index in [1.165, 1.54) is 0 Å². The zero-order valence-electron chi connectivity index (χ0n) is 37.7. The molecular weight excluding hydrogens is 857 g/mol. The molecule has 0 aromatic heterocycles. The average molecular weight is 909 g/mol. The van der Waals surface area contributed by atoms with Crippen molar-refractivity contribution in [3.05, 3.63) is 170 Å². The van der Waals surface area contributed by atoms with Gasteiger partial charge in [-0.2, -0.15) is 20.5 Å². The van der Waals surface area contributed by atoms with Crippen LogP contribution in [0.15, 0.2) is 190 Å². The first-order valence-corrected chi connectivity index (χ1v) is 23.0. The van der Waals surface area contributed by atoms with E-state index in [0.29, 0.717) is 52.9 Å². The Labute approximate surface area is 395 Å². The second kappa shape index (κ2) is 23.4. The maximum Gasteiger partial charge on any atom is 0.127 e. The summed E-state index contributed by atoms with van der Waals surface area (Å²) in [7, 11) is 0. The number of azo groups is 2. The molecule has 8 aromatic carbocycles. The third kappa shape index (κ3) is 12.6. The van der Waals surface area contributed by atoms with E-state index in [2.05, 4.69) is 44.7 Å². The van der Waals surface area contributed by atoms with Crippen LogP contribution in [-0.2, 0) is 0 Å². The summed E-state index contributed by atoms with van der Waals surface area (Å²) in [4.78, 5) is 0. The van der Waals surface area contributed by atoms with E-state index in [9.17, 15) is 0 Å². The lowest BCUT2D eigenvalue weighted by molar-refractivity contribution is 0.247. The molecule has 8 aromatic rings. The molecule has 0 radical (unpaired) electrons. The zero-order chi connectivity index (χ0) is 46.0. The molecule has 6 aliphatic rings. The van der Waals surface area contributed by atoms with Crippen molar-refractivity contribution >= 4 is 44.3 Å². The molecule has 0 saturated heterocycles. The summed E-state index contributed by atoms with van der Waals surface area (Å²) in [5.41, 5.74) is 3.06. The van der Waals surface area contributed by atoms with Crippen molar-refractivity contribution in [2.75, 3.05) is 52.9 Å². The summed E-state index contributed by atoms with van der Waals surface area (Å²) in [5, 5.41) is 21.3. The summed E-state index contributed by atoms with van der Waals surface area (Å²) in [6.45, 7) is 4.50. The van der Waals surface area contributed by atoms with Crippen LogP contribution in [0.3, 0.4) is 0 Å². The molecule has 0 spiro atoms. The quantitative estimate of drug-likeness (QED) is 0.147. The summed E-state index contributed by atoms with van der Waals surface area (Å²) in [6, 6.07) is 54.5. The number of fused-ring (bicyclic) bond motifs is 4. The first-order valence-electron chi connectivity index (χ1n) is 23.0. The minimum Gasteiger partial charge on any atom is -0.493 e. The molecule has 12 heteroatoms. The van der Waals surface area contributed by atoms with Gasteiger partial charge < -0.3 is 37.9 Å². The number of benzene rings is 8. The normalized spacial score (nSPS) is 14.6. The van der Waals surface area contributed by atoms with E-state index in [4.69, 9.17) is 37.9 Å². The monoisotopic (exact) mass is 908 g/mol. The number of hydrogen-bond acceptors (Lipinski definition) is 12. The molecule has 68 heavy (non-hydrogen) atoms. The summed E-state index contributed by atoms with van der Waals surface area (Å²) < 4.78 is 47.7. The third-order valence-corrected chi connectivity index (χ3v) is 10.9. The van der Waals surface area contributed by atoms with Gasteiger partial charge in [0.05, 0.1) is 75.6 Å². The molecule has 0 amide bonds. The third-order valence-electron chi connectivity index (χ3n) is 10.9. The Kier molecular flexibility index (Phi) is 15.5. The lowest BCUT2D eigenvalue weighted by Crippen LogP contribution is -2.06. The minimum absolute atomic E-state index is 0.562. The molecule has 344 valence electrons. The molecule has 12 nitrogen and oxygen atoms in total. The molecule has 0 N–H and O–H groups in total. The Bertz CT molecular complexity index is 2510. The van der Waals surface area contributed by atoms with Crippen LogP contribution >= 0.6 is 0 Å². The second-order valence-electron chi connectivity index (χ2n) is 15.8. The highest BCUT2D eigenvalue weighted by Gasteiger charge is 2.10. The van der Waals surface area contributed by atoms with Gasteiger partial charge in [-0.15, -0.1) is 0 Å². The standard InChI is InChI=1S/2C28H26N2O4/c2*1-5-25-26-6-2-8-28(25)34-20-4-18-32-24-15-11-22(12-16-24)30-29-21-9-13-23(14-10-21)31-17-3-19-33-27(26)7-1/h2*1-2,5-16H,3-4,17-20H2. The van der Waals surface area contributed by atoms with Gasteiger partial charge in [-0.25, -0.2) is 0 Å². The molecule has 0 unspecified atom stereocenters. The van der Waals surface area contributed by atoms with Crippen LogP contribution in [0.25, 0.3) is 21.5 Å². The van der Waals surface area contributed by atoms with Crippen LogP contribution in [0.2, 0.25) is 0 Å². The van der Waals surface area contributed by atoms with Crippen molar-refractivity contribution in [2.45, 2.75) is 25.7 Å². The van der Waals surface area contributed by atoms with E-state index in [-0.39, 0.29) is 0 Å². The van der Waals surface area contributed by atoms with E-state index in [1.54, 1.807) is 0 Å². The van der Waals surface area contributed by atoms with Gasteiger partial charge in [0, 0.05) is 47.2 Å². The zero-order valence-corrected chi connectivity index (χ0v) is 37.7. The molecule has 0 aliphatic carbocycles. The molecule has 16 bridgehead atoms. The smallest absolute Gasteiger partial charge is 0.127 e. The van der Waals surface area contributed by atoms with E-state index < -0.39 is 0 Å². The van der Waals surface area contributed by atoms with Crippen LogP contribution < -0.4 is 37.9 Å². The SMILES string of the molecule is c1cc2c3cccc(c3c1)OCCCOc1ccc(cc1)N=Nc1ccc(cc1)OCCCO2.c1cc2c3cccc(c3c1)OCCCOc1ccc(cc1)N=Nc1ccc(cc1)OCCCO2. The van der Waals surface area contributed by atoms with Crippen LogP contribution in [0, 0.1) is 0 Å². The molecule has 0 saturated carbocycles. The predicted octanol–water partition coefficient (Wildman–Crippen LogP) is 14.5. The minimum atomic E-state index is 0.562. The van der Waals surface area contributed by atoms with Gasteiger partial charge in [0.25, 0.3) is 0 Å². The lowest BCUT2D eigenvalue weighted by atomic mass is 10.1. The predicted molar refractivity (Wildman–Crippen MR) is 264 cm³/mol. The summed E-state index contributed by atoms with van der Waals surface area (Å²) in [5.74, 6) is 6.56. The van der Waals surface area contributed by atoms with E-state index in [0.717, 1.165) is 116 Å². The Morgan fingerprint density at radius 3 is 0.647 bits per heavy atom. The van der Waals surface area contributed by atoms with Gasteiger partial charge >= 0.3 is 0 Å². The molecular formula is C56H52N4O8. The van der Waals surface area contributed by atoms with Gasteiger partial charge in [0.2, 0.25) is 0 Å². The van der Waals surface area contributed by atoms with Crippen LogP contribution in [0.1, 0.15) is 25.7 Å². The fraction of sp³-hybridized carbons (Fsp3) is 0.214. The van der Waals surface area contributed by atoms with Crippen molar-refractivity contribution in [1.29, 1.82) is 0 Å². The first-order chi connectivity index (χ1) is 33.7. The van der Waals surface area contributed by atoms with Crippen molar-refractivity contribution in [3.63, 3.8) is 0 Å². The Hall–Kier alpha value is -8.12. The fourth-order valence-electron chi connectivity index (χ4n) is 7.40. The highest BCUT2D eigenvalue weighted by molar-refractivity contribution is 5.94. The number of rotatable bonds is 0. The van der Waals surface area contributed by atoms with Crippen molar-refractivity contribution in [3.8, 4) is 46.0 Å². The van der Waals surface area contributed by atoms with E-state index >= 15 is 0 Å². The molecule has 0 fully saturated rings. The first kappa shape index (κ1) is 45.1. The Morgan fingerprint density at radius 2 is 0.426 bits per heavy atom. The van der Waals surface area contributed by atoms with E-state index in [1.807, 2.05) is 146 Å². The van der Waals surface area contributed by atoms with Gasteiger partial charge in [0.1, 0.15) is 46.0 Å². The number of nitrogens with zero attached hydrogens (tertiary/aromatic N) is 4. The van der Waals surface area contributed by atoms with Crippen LogP contribution in [-0.4, -0.2) is 52.9 Å². The van der Waals surface area contributed by atoms with Crippen LogP contribution in [0.4, 0.5) is 22.7 Å². The molecule has 6 aliphatic heterocycles. The molecule has 0 atom stereocenters.